The zero-order valence-corrected chi connectivity index (χ0v) is 19.5. The van der Waals surface area contributed by atoms with E-state index in [2.05, 4.69) is 81.6 Å². The number of rotatable bonds is 7. The van der Waals surface area contributed by atoms with Crippen molar-refractivity contribution >= 4 is 5.69 Å². The molecule has 0 N–H and O–H groups in total. The Labute approximate surface area is 205 Å². The third-order valence-electron chi connectivity index (χ3n) is 5.88. The van der Waals surface area contributed by atoms with Gasteiger partial charge in [0.25, 0.3) is 0 Å². The lowest BCUT2D eigenvalue weighted by molar-refractivity contribution is 0.319. The molecule has 0 unspecified atom stereocenters. The van der Waals surface area contributed by atoms with Gasteiger partial charge in [-0.15, -0.1) is 0 Å². The maximum atomic E-state index is 7.37. The van der Waals surface area contributed by atoms with Gasteiger partial charge in [-0.3, -0.25) is 9.88 Å². The van der Waals surface area contributed by atoms with Gasteiger partial charge in [-0.2, -0.15) is 5.10 Å². The van der Waals surface area contributed by atoms with Gasteiger partial charge in [-0.05, 0) is 41.9 Å². The highest BCUT2D eigenvalue weighted by atomic mass is 15.3. The molecule has 0 saturated heterocycles. The molecule has 0 aliphatic heterocycles. The first kappa shape index (κ1) is 22.3. The van der Waals surface area contributed by atoms with E-state index in [9.17, 15) is 0 Å². The van der Waals surface area contributed by atoms with Crippen LogP contribution in [0.1, 0.15) is 11.1 Å². The molecular weight excluding hydrogens is 430 g/mol. The Morgan fingerprint density at radius 2 is 1.49 bits per heavy atom. The standard InChI is InChI=1S/C30H25N5/c1-31-27-17-29(25-9-5-3-6-10-25)30(32-19-27)26-15-13-23(14-16-26)20-34(2)21-24-18-33-35(22-24)28-11-7-4-8-12-28/h3-19,22H,20-21H2,2H3. The van der Waals surface area contributed by atoms with Crippen LogP contribution in [0, 0.1) is 6.57 Å². The smallest absolute Gasteiger partial charge is 0.205 e. The summed E-state index contributed by atoms with van der Waals surface area (Å²) in [6, 6.07) is 30.7. The summed E-state index contributed by atoms with van der Waals surface area (Å²) < 4.78 is 1.91. The van der Waals surface area contributed by atoms with Crippen molar-refractivity contribution < 1.29 is 0 Å². The predicted molar refractivity (Wildman–Crippen MR) is 140 cm³/mol. The van der Waals surface area contributed by atoms with Crippen LogP contribution in [0.3, 0.4) is 0 Å². The van der Waals surface area contributed by atoms with Gasteiger partial charge < -0.3 is 0 Å². The van der Waals surface area contributed by atoms with Crippen LogP contribution in [0.25, 0.3) is 32.9 Å². The quantitative estimate of drug-likeness (QED) is 0.254. The third-order valence-corrected chi connectivity index (χ3v) is 5.88. The average Bonchev–Trinajstić information content (AvgIpc) is 3.38. The van der Waals surface area contributed by atoms with Gasteiger partial charge in [0.1, 0.15) is 0 Å². The maximum absolute atomic E-state index is 7.37. The number of para-hydroxylation sites is 1. The van der Waals surface area contributed by atoms with Gasteiger partial charge in [-0.25, -0.2) is 9.53 Å². The van der Waals surface area contributed by atoms with Crippen LogP contribution < -0.4 is 0 Å². The van der Waals surface area contributed by atoms with Gasteiger partial charge in [0, 0.05) is 36.6 Å². The number of hydrogen-bond acceptors (Lipinski definition) is 3. The zero-order valence-electron chi connectivity index (χ0n) is 19.5. The Morgan fingerprint density at radius 1 is 0.800 bits per heavy atom. The Balaban J connectivity index is 1.30. The average molecular weight is 456 g/mol. The molecule has 5 rings (SSSR count). The highest BCUT2D eigenvalue weighted by Gasteiger charge is 2.11. The largest absolute Gasteiger partial charge is 0.298 e. The monoisotopic (exact) mass is 455 g/mol. The molecule has 0 amide bonds. The second kappa shape index (κ2) is 10.2. The molecule has 0 aliphatic carbocycles. The normalized spacial score (nSPS) is 10.9. The fourth-order valence-electron chi connectivity index (χ4n) is 4.19. The lowest BCUT2D eigenvalue weighted by Gasteiger charge is -2.16. The van der Waals surface area contributed by atoms with E-state index in [0.717, 1.165) is 41.2 Å². The van der Waals surface area contributed by atoms with Crippen molar-refractivity contribution in [2.24, 2.45) is 0 Å². The number of nitrogens with zero attached hydrogens (tertiary/aromatic N) is 5. The van der Waals surface area contributed by atoms with Crippen molar-refractivity contribution in [3.8, 4) is 28.1 Å². The van der Waals surface area contributed by atoms with Crippen LogP contribution in [0.5, 0.6) is 0 Å². The molecule has 170 valence electrons. The first-order valence-electron chi connectivity index (χ1n) is 11.5. The predicted octanol–water partition coefficient (Wildman–Crippen LogP) is 6.78. The Hall–Kier alpha value is -4.53. The number of hydrogen-bond donors (Lipinski definition) is 0. The minimum atomic E-state index is 0.543. The summed E-state index contributed by atoms with van der Waals surface area (Å²) in [5.41, 5.74) is 7.95. The van der Waals surface area contributed by atoms with Gasteiger partial charge in [0.05, 0.1) is 24.2 Å². The number of pyridine rings is 1. The summed E-state index contributed by atoms with van der Waals surface area (Å²) in [6.45, 7) is 9.01. The lowest BCUT2D eigenvalue weighted by Crippen LogP contribution is -2.16. The van der Waals surface area contributed by atoms with Crippen LogP contribution >= 0.6 is 0 Å². The van der Waals surface area contributed by atoms with Crippen LogP contribution in [-0.4, -0.2) is 26.7 Å². The van der Waals surface area contributed by atoms with E-state index in [1.54, 1.807) is 6.20 Å². The molecule has 0 radical (unpaired) electrons. The molecule has 0 spiro atoms. The fourth-order valence-corrected chi connectivity index (χ4v) is 4.19. The van der Waals surface area contributed by atoms with Gasteiger partial charge in [0.2, 0.25) is 5.69 Å². The second-order valence-electron chi connectivity index (χ2n) is 8.57. The van der Waals surface area contributed by atoms with Crippen LogP contribution in [0.2, 0.25) is 0 Å². The molecule has 0 fully saturated rings. The Morgan fingerprint density at radius 3 is 2.20 bits per heavy atom. The minimum Gasteiger partial charge on any atom is -0.298 e. The van der Waals surface area contributed by atoms with Crippen molar-refractivity contribution in [1.29, 1.82) is 0 Å². The summed E-state index contributed by atoms with van der Waals surface area (Å²) in [6.07, 6.45) is 5.65. The molecule has 0 saturated carbocycles. The minimum absolute atomic E-state index is 0.543. The molecule has 2 heterocycles. The summed E-state index contributed by atoms with van der Waals surface area (Å²) in [5, 5.41) is 4.50. The molecule has 0 aliphatic rings. The summed E-state index contributed by atoms with van der Waals surface area (Å²) in [4.78, 5) is 10.5. The van der Waals surface area contributed by atoms with Crippen molar-refractivity contribution in [3.63, 3.8) is 0 Å². The van der Waals surface area contributed by atoms with E-state index in [4.69, 9.17) is 6.57 Å². The van der Waals surface area contributed by atoms with E-state index in [-0.39, 0.29) is 0 Å². The van der Waals surface area contributed by atoms with E-state index in [1.807, 2.05) is 53.3 Å². The van der Waals surface area contributed by atoms with Crippen molar-refractivity contribution in [2.45, 2.75) is 13.1 Å². The van der Waals surface area contributed by atoms with Crippen LogP contribution in [0.15, 0.2) is 110 Å². The highest BCUT2D eigenvalue weighted by molar-refractivity contribution is 5.83. The topological polar surface area (TPSA) is 38.3 Å². The summed E-state index contributed by atoms with van der Waals surface area (Å²) in [7, 11) is 2.12. The Bertz CT molecular complexity index is 1450. The lowest BCUT2D eigenvalue weighted by atomic mass is 9.98. The Kier molecular flexibility index (Phi) is 6.47. The summed E-state index contributed by atoms with van der Waals surface area (Å²) in [5.74, 6) is 0. The van der Waals surface area contributed by atoms with E-state index in [0.29, 0.717) is 5.69 Å². The molecule has 0 bridgehead atoms. The third kappa shape index (κ3) is 5.19. The van der Waals surface area contributed by atoms with E-state index < -0.39 is 0 Å². The van der Waals surface area contributed by atoms with E-state index in [1.165, 1.54) is 11.1 Å². The first-order chi connectivity index (χ1) is 17.2. The fraction of sp³-hybridized carbons (Fsp3) is 0.100. The van der Waals surface area contributed by atoms with Crippen molar-refractivity contribution in [2.75, 3.05) is 7.05 Å². The molecule has 0 atom stereocenters. The van der Waals surface area contributed by atoms with Crippen molar-refractivity contribution in [1.82, 2.24) is 19.7 Å². The van der Waals surface area contributed by atoms with Crippen LogP contribution in [-0.2, 0) is 13.1 Å². The van der Waals surface area contributed by atoms with Gasteiger partial charge in [-0.1, -0.05) is 72.8 Å². The van der Waals surface area contributed by atoms with E-state index >= 15 is 0 Å². The maximum Gasteiger partial charge on any atom is 0.205 e. The zero-order chi connectivity index (χ0) is 24.0. The first-order valence-corrected chi connectivity index (χ1v) is 11.5. The van der Waals surface area contributed by atoms with Crippen molar-refractivity contribution in [3.05, 3.63) is 132 Å². The molecule has 5 nitrogen and oxygen atoms in total. The SMILES string of the molecule is [C-]#[N+]c1cnc(-c2ccc(CN(C)Cc3cnn(-c4ccccc4)c3)cc2)c(-c2ccccc2)c1. The van der Waals surface area contributed by atoms with Crippen LogP contribution in [0.4, 0.5) is 5.69 Å². The van der Waals surface area contributed by atoms with Gasteiger partial charge in [0.15, 0.2) is 0 Å². The number of aromatic nitrogens is 3. The van der Waals surface area contributed by atoms with Gasteiger partial charge >= 0.3 is 0 Å². The molecule has 5 heteroatoms. The summed E-state index contributed by atoms with van der Waals surface area (Å²) >= 11 is 0. The molecular formula is C30H25N5. The molecule has 2 aromatic heterocycles. The number of benzene rings is 3. The second-order valence-corrected chi connectivity index (χ2v) is 8.57. The highest BCUT2D eigenvalue weighted by Crippen LogP contribution is 2.33. The molecule has 5 aromatic rings. The molecule has 35 heavy (non-hydrogen) atoms. The molecule has 3 aromatic carbocycles.